The molecule has 1 heterocycles. The van der Waals surface area contributed by atoms with Gasteiger partial charge in [-0.05, 0) is 56.3 Å². The lowest BCUT2D eigenvalue weighted by Crippen LogP contribution is -2.49. The molecule has 1 aliphatic heterocycles. The van der Waals surface area contributed by atoms with Crippen molar-refractivity contribution in [2.45, 2.75) is 44.9 Å². The Bertz CT molecular complexity index is 380. The van der Waals surface area contributed by atoms with E-state index in [1.165, 1.54) is 44.2 Å². The maximum atomic E-state index is 9.04. The molecule has 0 spiro atoms. The second-order valence-electron chi connectivity index (χ2n) is 7.02. The van der Waals surface area contributed by atoms with E-state index in [4.69, 9.17) is 10.3 Å². The predicted octanol–water partition coefficient (Wildman–Crippen LogP) is 3.19. The average Bonchev–Trinajstić information content (AvgIpc) is 2.76. The number of hydrogen-bond donors (Lipinski definition) is 0. The minimum atomic E-state index is 0.193. The third kappa shape index (κ3) is 1.41. The van der Waals surface area contributed by atoms with E-state index < -0.39 is 0 Å². The van der Waals surface area contributed by atoms with Crippen LogP contribution in [0.4, 0.5) is 0 Å². The second kappa shape index (κ2) is 3.34. The first-order valence-electron chi connectivity index (χ1n) is 7.21. The van der Waals surface area contributed by atoms with Gasteiger partial charge >= 0.3 is 0 Å². The van der Waals surface area contributed by atoms with Crippen molar-refractivity contribution in [1.82, 2.24) is 0 Å². The molecule has 0 aromatic rings. The van der Waals surface area contributed by atoms with Crippen LogP contribution in [0.2, 0.25) is 0 Å². The van der Waals surface area contributed by atoms with E-state index in [9.17, 15) is 0 Å². The van der Waals surface area contributed by atoms with Crippen LogP contribution in [0.5, 0.6) is 0 Å². The SMILES string of the molecule is N#CC1CN=C(C23CC4CC(CC(C4)C2)C3)C1. The number of nitrogens with zero attached hydrogens (tertiary/aromatic N) is 2. The van der Waals surface area contributed by atoms with Crippen LogP contribution in [0, 0.1) is 40.4 Å². The summed E-state index contributed by atoms with van der Waals surface area (Å²) >= 11 is 0. The summed E-state index contributed by atoms with van der Waals surface area (Å²) < 4.78 is 0. The highest BCUT2D eigenvalue weighted by Gasteiger charge is 2.53. The van der Waals surface area contributed by atoms with Crippen LogP contribution in [0.15, 0.2) is 4.99 Å². The van der Waals surface area contributed by atoms with E-state index in [1.54, 1.807) is 0 Å². The third-order valence-electron chi connectivity index (χ3n) is 5.78. The molecule has 2 nitrogen and oxygen atoms in total. The van der Waals surface area contributed by atoms with Crippen LogP contribution in [0.25, 0.3) is 0 Å². The highest BCUT2D eigenvalue weighted by atomic mass is 14.8. The first-order chi connectivity index (χ1) is 8.27. The Hall–Kier alpha value is -0.840. The van der Waals surface area contributed by atoms with Gasteiger partial charge in [0.15, 0.2) is 0 Å². The predicted molar refractivity (Wildman–Crippen MR) is 66.6 cm³/mol. The van der Waals surface area contributed by atoms with E-state index in [0.717, 1.165) is 30.7 Å². The van der Waals surface area contributed by atoms with Crippen molar-refractivity contribution in [2.75, 3.05) is 6.54 Å². The normalized spacial score (nSPS) is 51.4. The van der Waals surface area contributed by atoms with Gasteiger partial charge in [-0.2, -0.15) is 5.26 Å². The number of rotatable bonds is 1. The fraction of sp³-hybridized carbons (Fsp3) is 0.867. The maximum Gasteiger partial charge on any atom is 0.0710 e. The maximum absolute atomic E-state index is 9.04. The Labute approximate surface area is 103 Å². The first kappa shape index (κ1) is 10.1. The summed E-state index contributed by atoms with van der Waals surface area (Å²) in [6.45, 7) is 0.785. The Balaban J connectivity index is 1.63. The summed E-state index contributed by atoms with van der Waals surface area (Å²) in [5, 5.41) is 9.04. The Kier molecular flexibility index (Phi) is 1.99. The molecular formula is C15H20N2. The Morgan fingerprint density at radius 2 is 1.65 bits per heavy atom. The van der Waals surface area contributed by atoms with Crippen molar-refractivity contribution in [2.24, 2.45) is 34.1 Å². The summed E-state index contributed by atoms with van der Waals surface area (Å²) in [5.41, 5.74) is 1.91. The van der Waals surface area contributed by atoms with E-state index >= 15 is 0 Å². The number of hydrogen-bond acceptors (Lipinski definition) is 2. The summed E-state index contributed by atoms with van der Waals surface area (Å²) in [4.78, 5) is 4.77. The lowest BCUT2D eigenvalue weighted by Gasteiger charge is -2.57. The zero-order valence-electron chi connectivity index (χ0n) is 10.4. The van der Waals surface area contributed by atoms with Gasteiger partial charge < -0.3 is 0 Å². The van der Waals surface area contributed by atoms with Gasteiger partial charge in [-0.15, -0.1) is 0 Å². The molecule has 17 heavy (non-hydrogen) atoms. The summed E-state index contributed by atoms with van der Waals surface area (Å²) in [6.07, 6.45) is 9.67. The molecular weight excluding hydrogens is 208 g/mol. The van der Waals surface area contributed by atoms with Crippen molar-refractivity contribution < 1.29 is 0 Å². The Morgan fingerprint density at radius 3 is 2.12 bits per heavy atom. The molecule has 0 aromatic carbocycles. The summed E-state index contributed by atoms with van der Waals surface area (Å²) in [6, 6.07) is 2.41. The molecule has 4 saturated carbocycles. The van der Waals surface area contributed by atoms with Gasteiger partial charge in [0.1, 0.15) is 0 Å². The molecule has 4 fully saturated rings. The summed E-state index contributed by atoms with van der Waals surface area (Å²) in [7, 11) is 0. The van der Waals surface area contributed by atoms with Gasteiger partial charge in [0.25, 0.3) is 0 Å². The van der Waals surface area contributed by atoms with Gasteiger partial charge in [-0.1, -0.05) is 0 Å². The lowest BCUT2D eigenvalue weighted by atomic mass is 9.48. The van der Waals surface area contributed by atoms with Crippen molar-refractivity contribution in [3.8, 4) is 6.07 Å². The largest absolute Gasteiger partial charge is 0.292 e. The van der Waals surface area contributed by atoms with Gasteiger partial charge in [0.05, 0.1) is 18.5 Å². The molecule has 0 aromatic heterocycles. The van der Waals surface area contributed by atoms with Crippen LogP contribution >= 0.6 is 0 Å². The quantitative estimate of drug-likeness (QED) is 0.679. The monoisotopic (exact) mass is 228 g/mol. The fourth-order valence-electron chi connectivity index (χ4n) is 5.52. The van der Waals surface area contributed by atoms with E-state index in [-0.39, 0.29) is 5.92 Å². The average molecular weight is 228 g/mol. The van der Waals surface area contributed by atoms with Crippen molar-refractivity contribution >= 4 is 5.71 Å². The minimum Gasteiger partial charge on any atom is -0.292 e. The molecule has 5 rings (SSSR count). The smallest absolute Gasteiger partial charge is 0.0710 e. The lowest BCUT2D eigenvalue weighted by molar-refractivity contribution is -0.0131. The number of nitriles is 1. The molecule has 0 saturated heterocycles. The molecule has 2 heteroatoms. The van der Waals surface area contributed by atoms with E-state index in [1.807, 2.05) is 0 Å². The van der Waals surface area contributed by atoms with Crippen LogP contribution in [0.3, 0.4) is 0 Å². The first-order valence-corrected chi connectivity index (χ1v) is 7.21. The van der Waals surface area contributed by atoms with Crippen LogP contribution in [-0.2, 0) is 0 Å². The highest BCUT2D eigenvalue weighted by molar-refractivity contribution is 5.92. The molecule has 1 unspecified atom stereocenters. The van der Waals surface area contributed by atoms with Crippen LogP contribution < -0.4 is 0 Å². The summed E-state index contributed by atoms with van der Waals surface area (Å²) in [5.74, 6) is 3.17. The molecule has 5 aliphatic rings. The van der Waals surface area contributed by atoms with Crippen molar-refractivity contribution in [3.63, 3.8) is 0 Å². The number of aliphatic imine (C=N–C) groups is 1. The molecule has 0 radical (unpaired) electrons. The molecule has 4 bridgehead atoms. The Morgan fingerprint density at radius 1 is 1.06 bits per heavy atom. The van der Waals surface area contributed by atoms with E-state index in [2.05, 4.69) is 6.07 Å². The minimum absolute atomic E-state index is 0.193. The topological polar surface area (TPSA) is 36.1 Å². The molecule has 1 atom stereocenters. The van der Waals surface area contributed by atoms with Crippen molar-refractivity contribution in [3.05, 3.63) is 0 Å². The van der Waals surface area contributed by atoms with Gasteiger partial charge in [0.2, 0.25) is 0 Å². The second-order valence-corrected chi connectivity index (χ2v) is 7.02. The van der Waals surface area contributed by atoms with Crippen LogP contribution in [0.1, 0.15) is 44.9 Å². The third-order valence-corrected chi connectivity index (χ3v) is 5.78. The molecule has 0 amide bonds. The highest BCUT2D eigenvalue weighted by Crippen LogP contribution is 2.61. The van der Waals surface area contributed by atoms with Crippen molar-refractivity contribution in [1.29, 1.82) is 5.26 Å². The van der Waals surface area contributed by atoms with Gasteiger partial charge in [-0.25, -0.2) is 0 Å². The zero-order chi connectivity index (χ0) is 11.5. The molecule has 0 N–H and O–H groups in total. The molecule has 90 valence electrons. The van der Waals surface area contributed by atoms with Gasteiger partial charge in [-0.3, -0.25) is 4.99 Å². The molecule has 4 aliphatic carbocycles. The fourth-order valence-corrected chi connectivity index (χ4v) is 5.52. The zero-order valence-corrected chi connectivity index (χ0v) is 10.4. The standard InChI is InChI=1S/C15H20N2/c16-8-13-4-14(17-9-13)15-5-10-1-11(6-15)3-12(2-10)7-15/h10-13H,1-7,9H2. The van der Waals surface area contributed by atoms with Crippen LogP contribution in [-0.4, -0.2) is 12.3 Å². The van der Waals surface area contributed by atoms with Gasteiger partial charge in [0, 0.05) is 17.5 Å². The van der Waals surface area contributed by atoms with E-state index in [0.29, 0.717) is 5.41 Å².